The summed E-state index contributed by atoms with van der Waals surface area (Å²) in [5, 5.41) is 7.06. The lowest BCUT2D eigenvalue weighted by molar-refractivity contribution is -0.120. The van der Waals surface area contributed by atoms with Crippen molar-refractivity contribution in [3.8, 4) is 33.4 Å². The number of carbonyl (C=O) groups is 2. The quantitative estimate of drug-likeness (QED) is 0.163. The van der Waals surface area contributed by atoms with Gasteiger partial charge in [-0.05, 0) is 50.7 Å². The molecule has 0 radical (unpaired) electrons. The van der Waals surface area contributed by atoms with Gasteiger partial charge in [-0.3, -0.25) is 19.2 Å². The van der Waals surface area contributed by atoms with E-state index in [-0.39, 0.29) is 35.0 Å². The molecule has 12 heteroatoms. The number of hydrogen-bond donors (Lipinski definition) is 2. The van der Waals surface area contributed by atoms with Crippen molar-refractivity contribution in [2.24, 2.45) is 0 Å². The number of amides is 2. The van der Waals surface area contributed by atoms with E-state index in [0.717, 1.165) is 83.3 Å². The standard InChI is InChI=1S/C42H38Cl2N6O4/c43-39-29(25-15-33-41(53)49(19-27-11-13-37(51)45-27)35(23-7-8-23)21-47(33)17-25)3-1-5-31(39)32-6-2-4-30(40(32)44)26-16-34-42(54)50(20-28-12-14-38(52)46-28)36(24-9-10-24)22-48(34)18-26/h1-6,15-18,21-24,27-28H,7-14,19-20H2,(H,45,51)(H,46,52)/t27-,28-/m0/s1. The summed E-state index contributed by atoms with van der Waals surface area (Å²) >= 11 is 14.5. The van der Waals surface area contributed by atoms with Crippen molar-refractivity contribution in [3.05, 3.63) is 115 Å². The van der Waals surface area contributed by atoms with Crippen LogP contribution in [-0.2, 0) is 22.7 Å². The van der Waals surface area contributed by atoms with Crippen molar-refractivity contribution in [3.63, 3.8) is 0 Å². The maximum atomic E-state index is 14.0. The first-order chi connectivity index (χ1) is 26.2. The molecule has 0 bridgehead atoms. The summed E-state index contributed by atoms with van der Waals surface area (Å²) in [6.07, 6.45) is 14.7. The fraction of sp³-hybridized carbons (Fsp3) is 0.333. The lowest BCUT2D eigenvalue weighted by Crippen LogP contribution is -2.35. The summed E-state index contributed by atoms with van der Waals surface area (Å²) in [6, 6.07) is 15.4. The number of halogens is 2. The molecule has 2 atom stereocenters. The van der Waals surface area contributed by atoms with E-state index in [1.54, 1.807) is 0 Å². The highest BCUT2D eigenvalue weighted by atomic mass is 35.5. The molecule has 2 aromatic carbocycles. The van der Waals surface area contributed by atoms with Gasteiger partial charge in [0.2, 0.25) is 11.8 Å². The van der Waals surface area contributed by atoms with Crippen LogP contribution in [0.4, 0.5) is 0 Å². The predicted octanol–water partition coefficient (Wildman–Crippen LogP) is 7.14. The van der Waals surface area contributed by atoms with Crippen LogP contribution in [-0.4, -0.2) is 41.8 Å². The second kappa shape index (κ2) is 12.8. The Balaban J connectivity index is 1.01. The average Bonchev–Trinajstić information content (AvgIpc) is 4.01. The van der Waals surface area contributed by atoms with E-state index >= 15 is 0 Å². The molecule has 0 spiro atoms. The summed E-state index contributed by atoms with van der Waals surface area (Å²) in [5.74, 6) is 0.753. The van der Waals surface area contributed by atoms with Crippen LogP contribution in [0, 0.1) is 0 Å². The van der Waals surface area contributed by atoms with Crippen LogP contribution >= 0.6 is 23.2 Å². The molecule has 54 heavy (non-hydrogen) atoms. The minimum Gasteiger partial charge on any atom is -0.352 e. The van der Waals surface area contributed by atoms with Gasteiger partial charge in [0.15, 0.2) is 0 Å². The molecule has 274 valence electrons. The number of carbonyl (C=O) groups excluding carboxylic acids is 2. The minimum atomic E-state index is -0.0731. The summed E-state index contributed by atoms with van der Waals surface area (Å²) in [5.41, 5.74) is 7.67. The smallest absolute Gasteiger partial charge is 0.275 e. The summed E-state index contributed by atoms with van der Waals surface area (Å²) < 4.78 is 7.54. The minimum absolute atomic E-state index is 0.0364. The Morgan fingerprint density at radius 3 is 1.33 bits per heavy atom. The third-order valence-corrected chi connectivity index (χ3v) is 12.5. The van der Waals surface area contributed by atoms with Crippen LogP contribution in [0.1, 0.15) is 74.6 Å². The van der Waals surface area contributed by atoms with Crippen LogP contribution in [0.25, 0.3) is 44.4 Å². The van der Waals surface area contributed by atoms with E-state index in [2.05, 4.69) is 23.0 Å². The van der Waals surface area contributed by atoms with Crippen LogP contribution in [0.15, 0.2) is 82.9 Å². The Hall–Kier alpha value is -5.06. The Morgan fingerprint density at radius 2 is 0.963 bits per heavy atom. The van der Waals surface area contributed by atoms with Crippen LogP contribution < -0.4 is 21.8 Å². The van der Waals surface area contributed by atoms with Gasteiger partial charge in [-0.2, -0.15) is 0 Å². The summed E-state index contributed by atoms with van der Waals surface area (Å²) in [7, 11) is 0. The van der Waals surface area contributed by atoms with Gasteiger partial charge >= 0.3 is 0 Å². The van der Waals surface area contributed by atoms with E-state index in [0.29, 0.717) is 58.8 Å². The maximum absolute atomic E-state index is 14.0. The van der Waals surface area contributed by atoms with Gasteiger partial charge in [-0.1, -0.05) is 59.6 Å². The van der Waals surface area contributed by atoms with Crippen LogP contribution in [0.3, 0.4) is 0 Å². The molecule has 6 aromatic rings. The fourth-order valence-electron chi connectivity index (χ4n) is 8.53. The third-order valence-electron chi connectivity index (χ3n) is 11.7. The van der Waals surface area contributed by atoms with Crippen molar-refractivity contribution in [1.82, 2.24) is 28.6 Å². The van der Waals surface area contributed by atoms with E-state index in [4.69, 9.17) is 23.2 Å². The molecule has 10 nitrogen and oxygen atoms in total. The van der Waals surface area contributed by atoms with Gasteiger partial charge in [0.25, 0.3) is 11.1 Å². The molecule has 4 aliphatic rings. The van der Waals surface area contributed by atoms with Gasteiger partial charge in [-0.25, -0.2) is 0 Å². The maximum Gasteiger partial charge on any atom is 0.275 e. The van der Waals surface area contributed by atoms with E-state index in [9.17, 15) is 19.2 Å². The average molecular weight is 762 g/mol. The van der Waals surface area contributed by atoms with Gasteiger partial charge in [-0.15, -0.1) is 0 Å². The number of rotatable bonds is 9. The van der Waals surface area contributed by atoms with Crippen molar-refractivity contribution in [1.29, 1.82) is 0 Å². The van der Waals surface area contributed by atoms with Crippen molar-refractivity contribution >= 4 is 46.0 Å². The molecule has 2 saturated heterocycles. The number of nitrogens with zero attached hydrogens (tertiary/aromatic N) is 4. The molecular weight excluding hydrogens is 723 g/mol. The highest BCUT2D eigenvalue weighted by Crippen LogP contribution is 2.44. The largest absolute Gasteiger partial charge is 0.352 e. The van der Waals surface area contributed by atoms with Gasteiger partial charge in [0.1, 0.15) is 11.0 Å². The lowest BCUT2D eigenvalue weighted by atomic mass is 9.97. The monoisotopic (exact) mass is 760 g/mol. The molecule has 6 heterocycles. The molecule has 2 saturated carbocycles. The first kappa shape index (κ1) is 33.5. The molecule has 2 N–H and O–H groups in total. The number of benzene rings is 2. The number of fused-ring (bicyclic) bond motifs is 2. The molecule has 2 amide bonds. The number of aromatic nitrogens is 4. The third kappa shape index (κ3) is 5.78. The van der Waals surface area contributed by atoms with Gasteiger partial charge < -0.3 is 28.6 Å². The zero-order chi connectivity index (χ0) is 36.8. The molecule has 10 rings (SSSR count). The number of nitrogens with one attached hydrogen (secondary N) is 2. The highest BCUT2D eigenvalue weighted by molar-refractivity contribution is 6.39. The Morgan fingerprint density at radius 1 is 0.556 bits per heavy atom. The van der Waals surface area contributed by atoms with Gasteiger partial charge in [0.05, 0.1) is 10.0 Å². The van der Waals surface area contributed by atoms with Crippen LogP contribution in [0.2, 0.25) is 10.0 Å². The van der Waals surface area contributed by atoms with Gasteiger partial charge in [0, 0.05) is 119 Å². The molecule has 4 fully saturated rings. The fourth-order valence-corrected chi connectivity index (χ4v) is 9.20. The highest BCUT2D eigenvalue weighted by Gasteiger charge is 2.32. The second-order valence-electron chi connectivity index (χ2n) is 15.5. The molecule has 2 aliphatic heterocycles. The van der Waals surface area contributed by atoms with Crippen molar-refractivity contribution in [2.75, 3.05) is 0 Å². The lowest BCUT2D eigenvalue weighted by Gasteiger charge is -2.17. The van der Waals surface area contributed by atoms with E-state index in [1.807, 2.05) is 78.9 Å². The SMILES string of the molecule is O=C1CC[C@@H](Cn2c(C3CC3)cn3cc(-c4cccc(-c5cccc(-c6cc7c(=O)n(C[C@@H]8CCC(=O)N8)c(C8CC8)cn7c6)c5Cl)c4Cl)cc3c2=O)N1. The van der Waals surface area contributed by atoms with Crippen LogP contribution in [0.5, 0.6) is 0 Å². The first-order valence-corrected chi connectivity index (χ1v) is 19.6. The molecule has 0 unspecified atom stereocenters. The first-order valence-electron chi connectivity index (χ1n) is 18.9. The number of hydrogen-bond acceptors (Lipinski definition) is 4. The normalized spacial score (nSPS) is 20.0. The topological polar surface area (TPSA) is 111 Å². The van der Waals surface area contributed by atoms with Crippen molar-refractivity contribution < 1.29 is 9.59 Å². The summed E-state index contributed by atoms with van der Waals surface area (Å²) in [4.78, 5) is 51.8. The zero-order valence-corrected chi connectivity index (χ0v) is 31.0. The Bertz CT molecular complexity index is 2500. The second-order valence-corrected chi connectivity index (χ2v) is 16.2. The zero-order valence-electron chi connectivity index (χ0n) is 29.5. The molecule has 4 aromatic heterocycles. The van der Waals surface area contributed by atoms with E-state index < -0.39 is 0 Å². The molecular formula is C42H38Cl2N6O4. The predicted molar refractivity (Wildman–Crippen MR) is 209 cm³/mol. The molecule has 2 aliphatic carbocycles. The Labute approximate surface area is 320 Å². The van der Waals surface area contributed by atoms with E-state index in [1.165, 1.54) is 0 Å². The Kier molecular flexibility index (Phi) is 7.92. The summed E-state index contributed by atoms with van der Waals surface area (Å²) in [6.45, 7) is 0.932. The van der Waals surface area contributed by atoms with Crippen molar-refractivity contribution in [2.45, 2.75) is 88.4 Å².